The summed E-state index contributed by atoms with van der Waals surface area (Å²) in [7, 11) is 1.79. The monoisotopic (exact) mass is 663 g/mol. The van der Waals surface area contributed by atoms with Gasteiger partial charge in [0.05, 0.1) is 18.8 Å². The number of nitrogens with zero attached hydrogens (tertiary/aromatic N) is 7. The Morgan fingerprint density at radius 1 is 1.04 bits per heavy atom. The molecular weight excluding hydrogens is 616 g/mol. The second kappa shape index (κ2) is 12.2. The number of hydrogen-bond donors (Lipinski definition) is 0. The van der Waals surface area contributed by atoms with E-state index in [0.717, 1.165) is 86.4 Å². The topological polar surface area (TPSA) is 88.7 Å². The summed E-state index contributed by atoms with van der Waals surface area (Å²) in [5.41, 5.74) is 4.72. The number of ether oxygens (including phenoxy) is 1. The van der Waals surface area contributed by atoms with Crippen molar-refractivity contribution in [1.82, 2.24) is 29.4 Å². The minimum absolute atomic E-state index is 0.0121. The fraction of sp³-hybridized carbons (Fsp3) is 0.611. The Morgan fingerprint density at radius 3 is 2.48 bits per heavy atom. The van der Waals surface area contributed by atoms with Crippen LogP contribution in [0.2, 0.25) is 0 Å². The molecule has 1 saturated carbocycles. The van der Waals surface area contributed by atoms with E-state index in [0.29, 0.717) is 37.2 Å². The van der Waals surface area contributed by atoms with Gasteiger partial charge in [0.1, 0.15) is 5.60 Å². The van der Waals surface area contributed by atoms with E-state index in [-0.39, 0.29) is 29.0 Å². The summed E-state index contributed by atoms with van der Waals surface area (Å²) in [4.78, 5) is 31.2. The highest BCUT2D eigenvalue weighted by atomic mass is 19.3. The maximum Gasteiger partial charge on any atom is 0.410 e. The Bertz CT molecular complexity index is 1720. The van der Waals surface area contributed by atoms with Crippen LogP contribution in [0.5, 0.6) is 0 Å². The molecule has 1 aromatic carbocycles. The number of hydrogen-bond acceptors (Lipinski definition) is 6. The first kappa shape index (κ1) is 32.6. The van der Waals surface area contributed by atoms with Crippen molar-refractivity contribution >= 4 is 23.5 Å². The van der Waals surface area contributed by atoms with E-state index in [9.17, 15) is 18.4 Å². The molecule has 3 aromatic rings. The third kappa shape index (κ3) is 6.07. The molecule has 2 aromatic heterocycles. The van der Waals surface area contributed by atoms with E-state index in [1.165, 1.54) is 0 Å². The van der Waals surface area contributed by atoms with E-state index in [1.54, 1.807) is 37.1 Å². The van der Waals surface area contributed by atoms with Crippen LogP contribution in [0.4, 0.5) is 25.1 Å². The number of likely N-dealkylation sites (tertiary alicyclic amines) is 1. The van der Waals surface area contributed by atoms with Gasteiger partial charge in [-0.1, -0.05) is 0 Å². The molecule has 5 heterocycles. The highest BCUT2D eigenvalue weighted by Gasteiger charge is 2.45. The van der Waals surface area contributed by atoms with Crippen molar-refractivity contribution in [1.29, 1.82) is 0 Å². The van der Waals surface area contributed by atoms with Gasteiger partial charge in [0.25, 0.3) is 6.43 Å². The van der Waals surface area contributed by atoms with Crippen molar-refractivity contribution in [3.63, 3.8) is 0 Å². The molecule has 0 unspecified atom stereocenters. The summed E-state index contributed by atoms with van der Waals surface area (Å²) in [6.45, 7) is 10.5. The first-order chi connectivity index (χ1) is 22.8. The number of halogens is 2. The van der Waals surface area contributed by atoms with Crippen molar-refractivity contribution in [2.75, 3.05) is 31.1 Å². The summed E-state index contributed by atoms with van der Waals surface area (Å²) >= 11 is 0. The summed E-state index contributed by atoms with van der Waals surface area (Å²) < 4.78 is 38.7. The molecule has 12 heteroatoms. The number of rotatable bonds is 4. The average Bonchev–Trinajstić information content (AvgIpc) is 3.77. The van der Waals surface area contributed by atoms with Gasteiger partial charge in [-0.2, -0.15) is 10.2 Å². The van der Waals surface area contributed by atoms with E-state index < -0.39 is 12.0 Å². The quantitative estimate of drug-likeness (QED) is 0.300. The number of benzene rings is 1. The van der Waals surface area contributed by atoms with Crippen molar-refractivity contribution in [2.45, 2.75) is 104 Å². The number of alkyl halides is 2. The fourth-order valence-corrected chi connectivity index (χ4v) is 8.36. The molecule has 0 atom stereocenters. The molecule has 0 radical (unpaired) electrons. The van der Waals surface area contributed by atoms with Crippen molar-refractivity contribution in [2.24, 2.45) is 12.5 Å². The summed E-state index contributed by atoms with van der Waals surface area (Å²) in [5, 5.41) is 9.53. The zero-order valence-electron chi connectivity index (χ0n) is 28.8. The maximum absolute atomic E-state index is 14.6. The predicted octanol–water partition coefficient (Wildman–Crippen LogP) is 6.95. The van der Waals surface area contributed by atoms with Crippen LogP contribution in [0, 0.1) is 5.41 Å². The Labute approximate surface area is 281 Å². The second-order valence-electron chi connectivity index (χ2n) is 15.3. The Balaban J connectivity index is 1.19. The van der Waals surface area contributed by atoms with Crippen molar-refractivity contribution in [3.8, 4) is 11.1 Å². The van der Waals surface area contributed by atoms with Gasteiger partial charge in [0.15, 0.2) is 5.82 Å². The van der Waals surface area contributed by atoms with E-state index in [1.807, 2.05) is 36.6 Å². The van der Waals surface area contributed by atoms with Gasteiger partial charge in [-0.25, -0.2) is 13.6 Å². The van der Waals surface area contributed by atoms with Gasteiger partial charge in [0.2, 0.25) is 5.91 Å². The normalized spacial score (nSPS) is 22.8. The number of amides is 2. The van der Waals surface area contributed by atoms with E-state index in [2.05, 4.69) is 14.7 Å². The smallest absolute Gasteiger partial charge is 0.410 e. The van der Waals surface area contributed by atoms with E-state index in [4.69, 9.17) is 9.84 Å². The van der Waals surface area contributed by atoms with Crippen molar-refractivity contribution < 1.29 is 23.1 Å². The molecule has 48 heavy (non-hydrogen) atoms. The average molecular weight is 664 g/mol. The van der Waals surface area contributed by atoms with Gasteiger partial charge >= 0.3 is 6.09 Å². The molecule has 258 valence electrons. The van der Waals surface area contributed by atoms with Crippen LogP contribution in [0.15, 0.2) is 24.5 Å². The number of aryl methyl sites for hydroxylation is 2. The minimum Gasteiger partial charge on any atom is -0.444 e. The summed E-state index contributed by atoms with van der Waals surface area (Å²) in [5.74, 6) is 0.804. The van der Waals surface area contributed by atoms with Crippen LogP contribution < -0.4 is 4.90 Å². The molecular formula is C36H47F2N7O3. The first-order valence-electron chi connectivity index (χ1n) is 17.4. The number of carbonyl (C=O) groups is 2. The zero-order valence-corrected chi connectivity index (χ0v) is 28.8. The predicted molar refractivity (Wildman–Crippen MR) is 178 cm³/mol. The van der Waals surface area contributed by atoms with Gasteiger partial charge in [-0.15, -0.1) is 0 Å². The molecule has 1 aliphatic carbocycles. The zero-order chi connectivity index (χ0) is 34.0. The lowest BCUT2D eigenvalue weighted by atomic mass is 9.72. The first-order valence-corrected chi connectivity index (χ1v) is 17.4. The molecule has 0 bridgehead atoms. The third-order valence-electron chi connectivity index (χ3n) is 10.8. The Morgan fingerprint density at radius 2 is 1.81 bits per heavy atom. The van der Waals surface area contributed by atoms with Crippen LogP contribution in [0.25, 0.3) is 11.1 Å². The van der Waals surface area contributed by atoms with Gasteiger partial charge in [0, 0.05) is 80.8 Å². The summed E-state index contributed by atoms with van der Waals surface area (Å²) in [6.07, 6.45) is 7.78. The molecule has 1 spiro atoms. The lowest BCUT2D eigenvalue weighted by molar-refractivity contribution is -0.129. The fourth-order valence-electron chi connectivity index (χ4n) is 8.36. The minimum atomic E-state index is -2.65. The van der Waals surface area contributed by atoms with Crippen molar-refractivity contribution in [3.05, 3.63) is 46.9 Å². The molecule has 0 N–H and O–H groups in total. The van der Waals surface area contributed by atoms with Crippen LogP contribution >= 0.6 is 0 Å². The molecule has 7 rings (SSSR count). The molecule has 2 fully saturated rings. The highest BCUT2D eigenvalue weighted by molar-refractivity contribution is 5.78. The maximum atomic E-state index is 14.6. The molecule has 3 aliphatic heterocycles. The highest BCUT2D eigenvalue weighted by Crippen LogP contribution is 2.49. The van der Waals surface area contributed by atoms with Crippen LogP contribution in [0.1, 0.15) is 101 Å². The standard InChI is InChI=1S/C36H47F2N7O3/c1-23(46)42-15-10-30-29(21-42)33(40-45(30)26-8-11-36(12-9-26)13-16-43(22-36)34(47)48-35(2,3)4)44-14-6-7-24-17-27(25-19-39-41(5)20-25)28(32(37)38)18-31(24)44/h17-20,26,32H,6-16,21-22H2,1-5H3. The van der Waals surface area contributed by atoms with E-state index >= 15 is 0 Å². The van der Waals surface area contributed by atoms with Gasteiger partial charge in [-0.3, -0.25) is 14.2 Å². The Kier molecular flexibility index (Phi) is 8.26. The number of carbonyl (C=O) groups excluding carboxylic acids is 2. The number of anilines is 2. The van der Waals surface area contributed by atoms with Crippen LogP contribution in [-0.2, 0) is 36.0 Å². The molecule has 4 aliphatic rings. The third-order valence-corrected chi connectivity index (χ3v) is 10.8. The SMILES string of the molecule is CC(=O)N1CCc2c(c(N3CCCc4cc(-c5cnn(C)c5)c(C(F)F)cc43)nn2C2CCC3(CC2)CCN(C(=O)OC(C)(C)C)C3)C1. The number of aromatic nitrogens is 4. The van der Waals surface area contributed by atoms with Crippen LogP contribution in [-0.4, -0.2) is 73.1 Å². The van der Waals surface area contributed by atoms with Gasteiger partial charge in [-0.05, 0) is 94.4 Å². The molecule has 1 saturated heterocycles. The van der Waals surface area contributed by atoms with Crippen LogP contribution in [0.3, 0.4) is 0 Å². The summed E-state index contributed by atoms with van der Waals surface area (Å²) in [6, 6.07) is 3.76. The Hall–Kier alpha value is -3.96. The lowest BCUT2D eigenvalue weighted by Gasteiger charge is -2.38. The second-order valence-corrected chi connectivity index (χ2v) is 15.3. The molecule has 2 amide bonds. The largest absolute Gasteiger partial charge is 0.444 e. The lowest BCUT2D eigenvalue weighted by Crippen LogP contribution is -2.38. The number of fused-ring (bicyclic) bond motifs is 2. The molecule has 10 nitrogen and oxygen atoms in total. The van der Waals surface area contributed by atoms with Gasteiger partial charge < -0.3 is 19.4 Å².